The van der Waals surface area contributed by atoms with Gasteiger partial charge in [-0.3, -0.25) is 0 Å². The van der Waals surface area contributed by atoms with Crippen molar-refractivity contribution in [3.63, 3.8) is 0 Å². The maximum Gasteiger partial charge on any atom is 0.335 e. The average Bonchev–Trinajstić information content (AvgIpc) is 2.84. The van der Waals surface area contributed by atoms with E-state index in [0.29, 0.717) is 5.76 Å². The monoisotopic (exact) mass is 309 g/mol. The second-order valence-corrected chi connectivity index (χ2v) is 6.64. The van der Waals surface area contributed by atoms with Crippen molar-refractivity contribution in [2.75, 3.05) is 7.05 Å². The number of nitrogens with zero attached hydrogens (tertiary/aromatic N) is 1. The number of carbonyl (C=O) groups is 1. The molecule has 1 N–H and O–H groups in total. The van der Waals surface area contributed by atoms with E-state index in [2.05, 4.69) is 0 Å². The van der Waals surface area contributed by atoms with E-state index in [1.54, 1.807) is 13.0 Å². The molecule has 0 aliphatic carbocycles. The van der Waals surface area contributed by atoms with Gasteiger partial charge in [-0.2, -0.15) is 4.31 Å². The van der Waals surface area contributed by atoms with E-state index in [-0.39, 0.29) is 17.0 Å². The van der Waals surface area contributed by atoms with Crippen LogP contribution in [0.5, 0.6) is 0 Å². The molecule has 2 rings (SSSR count). The molecule has 1 aromatic carbocycles. The number of sulfonamides is 1. The molecule has 7 heteroatoms. The molecular weight excluding hydrogens is 294 g/mol. The first kappa shape index (κ1) is 15.3. The molecule has 0 aliphatic rings. The second kappa shape index (κ2) is 5.71. The van der Waals surface area contributed by atoms with Gasteiger partial charge in [-0.1, -0.05) is 6.07 Å². The Morgan fingerprint density at radius 2 is 2.05 bits per heavy atom. The highest BCUT2D eigenvalue weighted by atomic mass is 32.2. The number of aromatic carboxylic acids is 1. The number of carboxylic acid groups (broad SMARTS) is 1. The minimum absolute atomic E-state index is 0.0500. The van der Waals surface area contributed by atoms with Gasteiger partial charge in [0.15, 0.2) is 0 Å². The van der Waals surface area contributed by atoms with Crippen LogP contribution in [0, 0.1) is 6.92 Å². The second-order valence-electron chi connectivity index (χ2n) is 4.60. The van der Waals surface area contributed by atoms with Crippen molar-refractivity contribution in [2.24, 2.45) is 0 Å². The van der Waals surface area contributed by atoms with Crippen molar-refractivity contribution in [1.82, 2.24) is 4.31 Å². The van der Waals surface area contributed by atoms with E-state index in [0.717, 1.165) is 15.9 Å². The van der Waals surface area contributed by atoms with Gasteiger partial charge in [-0.25, -0.2) is 13.2 Å². The molecule has 0 amide bonds. The minimum Gasteiger partial charge on any atom is -0.478 e. The Labute approximate surface area is 122 Å². The molecule has 21 heavy (non-hydrogen) atoms. The molecule has 0 aliphatic heterocycles. The van der Waals surface area contributed by atoms with Gasteiger partial charge >= 0.3 is 5.97 Å². The van der Waals surface area contributed by atoms with Crippen LogP contribution in [0.1, 0.15) is 21.7 Å². The molecule has 0 saturated carbocycles. The third-order valence-electron chi connectivity index (χ3n) is 3.15. The third-order valence-corrected chi connectivity index (χ3v) is 4.95. The van der Waals surface area contributed by atoms with Crippen molar-refractivity contribution < 1.29 is 22.7 Å². The molecule has 0 saturated heterocycles. The highest BCUT2D eigenvalue weighted by Crippen LogP contribution is 2.19. The number of furan rings is 1. The first-order chi connectivity index (χ1) is 9.82. The Kier molecular flexibility index (Phi) is 4.15. The van der Waals surface area contributed by atoms with Gasteiger partial charge < -0.3 is 9.52 Å². The topological polar surface area (TPSA) is 87.8 Å². The van der Waals surface area contributed by atoms with Gasteiger partial charge in [0, 0.05) is 19.2 Å². The maximum absolute atomic E-state index is 12.4. The molecule has 0 spiro atoms. The lowest BCUT2D eigenvalue weighted by Crippen LogP contribution is -2.26. The van der Waals surface area contributed by atoms with Crippen LogP contribution >= 0.6 is 0 Å². The summed E-state index contributed by atoms with van der Waals surface area (Å²) in [4.78, 5) is 10.9. The van der Waals surface area contributed by atoms with Crippen LogP contribution < -0.4 is 0 Å². The van der Waals surface area contributed by atoms with Crippen molar-refractivity contribution in [2.45, 2.75) is 18.4 Å². The summed E-state index contributed by atoms with van der Waals surface area (Å²) in [5.74, 6) is -0.517. The van der Waals surface area contributed by atoms with Crippen molar-refractivity contribution >= 4 is 16.0 Å². The van der Waals surface area contributed by atoms with Gasteiger partial charge in [0.1, 0.15) is 5.76 Å². The molecule has 0 atom stereocenters. The van der Waals surface area contributed by atoms with Gasteiger partial charge in [0.25, 0.3) is 0 Å². The number of aryl methyl sites for hydroxylation is 1. The number of hydrogen-bond acceptors (Lipinski definition) is 4. The molecule has 2 aromatic rings. The Hall–Kier alpha value is -2.12. The summed E-state index contributed by atoms with van der Waals surface area (Å²) in [6, 6.07) is 6.99. The van der Waals surface area contributed by atoms with E-state index in [1.165, 1.54) is 31.5 Å². The summed E-state index contributed by atoms with van der Waals surface area (Å²) in [5, 5.41) is 8.94. The zero-order chi connectivity index (χ0) is 15.6. The predicted octanol–water partition coefficient (Wildman–Crippen LogP) is 2.11. The average molecular weight is 309 g/mol. The van der Waals surface area contributed by atoms with E-state index >= 15 is 0 Å². The summed E-state index contributed by atoms with van der Waals surface area (Å²) in [7, 11) is -2.32. The smallest absolute Gasteiger partial charge is 0.335 e. The number of carboxylic acids is 1. The Bertz CT molecular complexity index is 763. The summed E-state index contributed by atoms with van der Waals surface area (Å²) in [6.07, 6.45) is 1.50. The first-order valence-electron chi connectivity index (χ1n) is 6.15. The number of benzene rings is 1. The maximum atomic E-state index is 12.4. The fourth-order valence-electron chi connectivity index (χ4n) is 1.87. The summed E-state index contributed by atoms with van der Waals surface area (Å²) in [6.45, 7) is 1.91. The van der Waals surface area contributed by atoms with Crippen LogP contribution in [-0.4, -0.2) is 30.8 Å². The molecular formula is C14H15NO5S. The lowest BCUT2D eigenvalue weighted by Gasteiger charge is -2.17. The molecule has 6 nitrogen and oxygen atoms in total. The molecule has 0 bridgehead atoms. The van der Waals surface area contributed by atoms with Crippen molar-refractivity contribution in [3.05, 3.63) is 53.5 Å². The largest absolute Gasteiger partial charge is 0.478 e. The summed E-state index contributed by atoms with van der Waals surface area (Å²) < 4.78 is 31.2. The Balaban J connectivity index is 2.31. The summed E-state index contributed by atoms with van der Waals surface area (Å²) >= 11 is 0. The Morgan fingerprint density at radius 1 is 1.33 bits per heavy atom. The fraction of sp³-hybridized carbons (Fsp3) is 0.214. The zero-order valence-corrected chi connectivity index (χ0v) is 12.4. The SMILES string of the molecule is Cc1occc1CN(C)S(=O)(=O)c1cccc(C(=O)O)c1. The van der Waals surface area contributed by atoms with Crippen LogP contribution in [0.2, 0.25) is 0 Å². The van der Waals surface area contributed by atoms with E-state index < -0.39 is 16.0 Å². The third kappa shape index (κ3) is 3.14. The highest BCUT2D eigenvalue weighted by Gasteiger charge is 2.22. The van der Waals surface area contributed by atoms with Gasteiger partial charge in [-0.15, -0.1) is 0 Å². The Morgan fingerprint density at radius 3 is 2.62 bits per heavy atom. The van der Waals surface area contributed by atoms with E-state index in [4.69, 9.17) is 9.52 Å². The number of rotatable bonds is 5. The van der Waals surface area contributed by atoms with Gasteiger partial charge in [-0.05, 0) is 31.2 Å². The van der Waals surface area contributed by atoms with Gasteiger partial charge in [0.2, 0.25) is 10.0 Å². The zero-order valence-electron chi connectivity index (χ0n) is 11.6. The standard InChI is InChI=1S/C14H15NO5S/c1-10-12(6-7-20-10)9-15(2)21(18,19)13-5-3-4-11(8-13)14(16)17/h3-8H,9H2,1-2H3,(H,16,17). The lowest BCUT2D eigenvalue weighted by atomic mass is 10.2. The predicted molar refractivity (Wildman–Crippen MR) is 75.5 cm³/mol. The molecule has 1 aromatic heterocycles. The minimum atomic E-state index is -3.76. The molecule has 1 heterocycles. The van der Waals surface area contributed by atoms with Crippen LogP contribution in [0.3, 0.4) is 0 Å². The van der Waals surface area contributed by atoms with Crippen LogP contribution in [0.4, 0.5) is 0 Å². The molecule has 0 unspecified atom stereocenters. The van der Waals surface area contributed by atoms with Crippen LogP contribution in [0.15, 0.2) is 45.9 Å². The van der Waals surface area contributed by atoms with E-state index in [9.17, 15) is 13.2 Å². The van der Waals surface area contributed by atoms with Gasteiger partial charge in [0.05, 0.1) is 16.7 Å². The molecule has 112 valence electrons. The lowest BCUT2D eigenvalue weighted by molar-refractivity contribution is 0.0696. The first-order valence-corrected chi connectivity index (χ1v) is 7.59. The highest BCUT2D eigenvalue weighted by molar-refractivity contribution is 7.89. The molecule has 0 fully saturated rings. The van der Waals surface area contributed by atoms with Crippen molar-refractivity contribution in [3.8, 4) is 0 Å². The fourth-order valence-corrected chi connectivity index (χ4v) is 3.07. The van der Waals surface area contributed by atoms with Crippen molar-refractivity contribution in [1.29, 1.82) is 0 Å². The molecule has 0 radical (unpaired) electrons. The summed E-state index contributed by atoms with van der Waals surface area (Å²) in [5.41, 5.74) is 0.694. The van der Waals surface area contributed by atoms with Crippen LogP contribution in [-0.2, 0) is 16.6 Å². The number of hydrogen-bond donors (Lipinski definition) is 1. The quantitative estimate of drug-likeness (QED) is 0.914. The van der Waals surface area contributed by atoms with Crippen LogP contribution in [0.25, 0.3) is 0 Å². The normalized spacial score (nSPS) is 11.8. The van der Waals surface area contributed by atoms with E-state index in [1.807, 2.05) is 0 Å².